The molecule has 0 radical (unpaired) electrons. The van der Waals surface area contributed by atoms with E-state index >= 15 is 0 Å². The highest BCUT2D eigenvalue weighted by atomic mass is 16.6. The van der Waals surface area contributed by atoms with Crippen LogP contribution in [0.25, 0.3) is 0 Å². The number of non-ortho nitro benzene ring substituents is 1. The molecule has 6 heteroatoms. The van der Waals surface area contributed by atoms with Crippen LogP contribution in [0, 0.1) is 10.1 Å². The summed E-state index contributed by atoms with van der Waals surface area (Å²) in [5.74, 6) is 0.449. The fourth-order valence-corrected chi connectivity index (χ4v) is 1.26. The van der Waals surface area contributed by atoms with Crippen molar-refractivity contribution in [2.45, 2.75) is 0 Å². The van der Waals surface area contributed by atoms with Gasteiger partial charge in [0.15, 0.2) is 0 Å². The molecule has 92 valence electrons. The van der Waals surface area contributed by atoms with Crippen molar-refractivity contribution in [3.63, 3.8) is 0 Å². The summed E-state index contributed by atoms with van der Waals surface area (Å²) in [6.45, 7) is 1.03. The van der Waals surface area contributed by atoms with Crippen molar-refractivity contribution in [1.82, 2.24) is 0 Å². The molecule has 0 heterocycles. The van der Waals surface area contributed by atoms with Crippen LogP contribution in [0.1, 0.15) is 0 Å². The average Bonchev–Trinajstić information content (AvgIpc) is 2.34. The molecule has 17 heavy (non-hydrogen) atoms. The second-order valence-corrected chi connectivity index (χ2v) is 3.26. The van der Waals surface area contributed by atoms with Crippen LogP contribution < -0.4 is 15.8 Å². The van der Waals surface area contributed by atoms with Gasteiger partial charge in [0, 0.05) is 30.9 Å². The van der Waals surface area contributed by atoms with E-state index in [1.165, 1.54) is 19.2 Å². The summed E-state index contributed by atoms with van der Waals surface area (Å²) in [5, 5.41) is 13.7. The van der Waals surface area contributed by atoms with E-state index in [0.717, 1.165) is 0 Å². The van der Waals surface area contributed by atoms with Gasteiger partial charge in [-0.2, -0.15) is 0 Å². The van der Waals surface area contributed by atoms with Gasteiger partial charge in [-0.05, 0) is 0 Å². The molecule has 0 saturated heterocycles. The lowest BCUT2D eigenvalue weighted by Crippen LogP contribution is -2.01. The molecular formula is C11H15N3O3. The molecule has 0 aliphatic rings. The maximum Gasteiger partial charge on any atom is 0.275 e. The molecule has 0 aromatic heterocycles. The van der Waals surface area contributed by atoms with E-state index in [1.807, 2.05) is 12.2 Å². The quantitative estimate of drug-likeness (QED) is 0.445. The first kappa shape index (κ1) is 13.0. The van der Waals surface area contributed by atoms with Gasteiger partial charge < -0.3 is 15.8 Å². The SMILES string of the molecule is COc1cc(NC/C=C/CN)cc([N+](=O)[O-])c1. The highest BCUT2D eigenvalue weighted by Crippen LogP contribution is 2.25. The summed E-state index contributed by atoms with van der Waals surface area (Å²) in [4.78, 5) is 10.2. The van der Waals surface area contributed by atoms with E-state index < -0.39 is 4.92 Å². The van der Waals surface area contributed by atoms with Crippen molar-refractivity contribution in [2.75, 3.05) is 25.5 Å². The van der Waals surface area contributed by atoms with Crippen LogP contribution in [0.3, 0.4) is 0 Å². The van der Waals surface area contributed by atoms with Gasteiger partial charge in [-0.3, -0.25) is 10.1 Å². The molecule has 0 bridgehead atoms. The molecule has 0 aliphatic heterocycles. The number of nitro benzene ring substituents is 1. The van der Waals surface area contributed by atoms with E-state index in [1.54, 1.807) is 6.07 Å². The minimum absolute atomic E-state index is 0.00495. The van der Waals surface area contributed by atoms with Crippen LogP contribution in [0.5, 0.6) is 5.75 Å². The molecule has 1 rings (SSSR count). The normalized spacial score (nSPS) is 10.5. The summed E-state index contributed by atoms with van der Waals surface area (Å²) in [6, 6.07) is 4.53. The Morgan fingerprint density at radius 2 is 2.24 bits per heavy atom. The molecule has 1 aromatic rings. The number of anilines is 1. The van der Waals surface area contributed by atoms with Gasteiger partial charge in [-0.25, -0.2) is 0 Å². The van der Waals surface area contributed by atoms with Gasteiger partial charge in [-0.1, -0.05) is 12.2 Å². The van der Waals surface area contributed by atoms with Gasteiger partial charge in [0.2, 0.25) is 0 Å². The van der Waals surface area contributed by atoms with Crippen molar-refractivity contribution in [3.8, 4) is 5.75 Å². The smallest absolute Gasteiger partial charge is 0.275 e. The average molecular weight is 237 g/mol. The molecular weight excluding hydrogens is 222 g/mol. The maximum absolute atomic E-state index is 10.7. The Labute approximate surface area is 99.2 Å². The van der Waals surface area contributed by atoms with Gasteiger partial charge in [0.25, 0.3) is 5.69 Å². The first-order valence-corrected chi connectivity index (χ1v) is 5.09. The third-order valence-corrected chi connectivity index (χ3v) is 2.06. The predicted octanol–water partition coefficient (Wildman–Crippen LogP) is 1.53. The van der Waals surface area contributed by atoms with Crippen LogP contribution in [0.2, 0.25) is 0 Å². The summed E-state index contributed by atoms with van der Waals surface area (Å²) in [7, 11) is 1.47. The number of nitrogens with one attached hydrogen (secondary N) is 1. The zero-order chi connectivity index (χ0) is 12.7. The number of nitro groups is 1. The minimum Gasteiger partial charge on any atom is -0.496 e. The fraction of sp³-hybridized carbons (Fsp3) is 0.273. The molecule has 0 fully saturated rings. The number of ether oxygens (including phenoxy) is 1. The summed E-state index contributed by atoms with van der Waals surface area (Å²) in [5.41, 5.74) is 5.93. The fourth-order valence-electron chi connectivity index (χ4n) is 1.26. The number of hydrogen-bond donors (Lipinski definition) is 2. The third-order valence-electron chi connectivity index (χ3n) is 2.06. The van der Waals surface area contributed by atoms with E-state index in [2.05, 4.69) is 5.32 Å². The number of benzene rings is 1. The molecule has 0 spiro atoms. The Morgan fingerprint density at radius 3 is 2.82 bits per heavy atom. The van der Waals surface area contributed by atoms with Crippen molar-refractivity contribution in [1.29, 1.82) is 0 Å². The molecule has 1 aromatic carbocycles. The van der Waals surface area contributed by atoms with Crippen molar-refractivity contribution in [2.24, 2.45) is 5.73 Å². The van der Waals surface area contributed by atoms with E-state index in [0.29, 0.717) is 24.5 Å². The van der Waals surface area contributed by atoms with Crippen molar-refractivity contribution in [3.05, 3.63) is 40.5 Å². The lowest BCUT2D eigenvalue weighted by atomic mass is 10.2. The highest BCUT2D eigenvalue weighted by Gasteiger charge is 2.09. The largest absolute Gasteiger partial charge is 0.496 e. The van der Waals surface area contributed by atoms with Crippen molar-refractivity contribution >= 4 is 11.4 Å². The van der Waals surface area contributed by atoms with Gasteiger partial charge in [-0.15, -0.1) is 0 Å². The number of hydrogen-bond acceptors (Lipinski definition) is 5. The van der Waals surface area contributed by atoms with Crippen LogP contribution in [0.15, 0.2) is 30.4 Å². The van der Waals surface area contributed by atoms with Crippen LogP contribution >= 0.6 is 0 Å². The van der Waals surface area contributed by atoms with E-state index in [9.17, 15) is 10.1 Å². The molecule has 3 N–H and O–H groups in total. The maximum atomic E-state index is 10.7. The van der Waals surface area contributed by atoms with Crippen LogP contribution in [-0.2, 0) is 0 Å². The number of nitrogens with zero attached hydrogens (tertiary/aromatic N) is 1. The Kier molecular flexibility index (Phi) is 4.96. The third kappa shape index (κ3) is 4.12. The summed E-state index contributed by atoms with van der Waals surface area (Å²) >= 11 is 0. The molecule has 0 aliphatic carbocycles. The zero-order valence-corrected chi connectivity index (χ0v) is 9.55. The van der Waals surface area contributed by atoms with Gasteiger partial charge in [0.1, 0.15) is 5.75 Å². The monoisotopic (exact) mass is 237 g/mol. The summed E-state index contributed by atoms with van der Waals surface area (Å²) < 4.78 is 4.99. The molecule has 0 unspecified atom stereocenters. The first-order valence-electron chi connectivity index (χ1n) is 5.09. The Morgan fingerprint density at radius 1 is 1.47 bits per heavy atom. The van der Waals surface area contributed by atoms with E-state index in [4.69, 9.17) is 10.5 Å². The summed E-state index contributed by atoms with van der Waals surface area (Å²) in [6.07, 6.45) is 3.66. The standard InChI is InChI=1S/C11H15N3O3/c1-17-11-7-9(13-5-3-2-4-12)6-10(8-11)14(15)16/h2-3,6-8,13H,4-5,12H2,1H3/b3-2+. The minimum atomic E-state index is -0.455. The lowest BCUT2D eigenvalue weighted by Gasteiger charge is -2.06. The highest BCUT2D eigenvalue weighted by molar-refractivity contribution is 5.56. The lowest BCUT2D eigenvalue weighted by molar-refractivity contribution is -0.384. The molecule has 6 nitrogen and oxygen atoms in total. The Balaban J connectivity index is 2.80. The number of rotatable bonds is 6. The molecule has 0 atom stereocenters. The van der Waals surface area contributed by atoms with E-state index in [-0.39, 0.29) is 5.69 Å². The van der Waals surface area contributed by atoms with Crippen molar-refractivity contribution < 1.29 is 9.66 Å². The number of methoxy groups -OCH3 is 1. The van der Waals surface area contributed by atoms with Crippen LogP contribution in [-0.4, -0.2) is 25.1 Å². The van der Waals surface area contributed by atoms with Crippen LogP contribution in [0.4, 0.5) is 11.4 Å². The Bertz CT molecular complexity index is 418. The molecule has 0 amide bonds. The Hall–Kier alpha value is -2.08. The zero-order valence-electron chi connectivity index (χ0n) is 9.55. The topological polar surface area (TPSA) is 90.4 Å². The number of nitrogens with two attached hydrogens (primary N) is 1. The molecule has 0 saturated carbocycles. The first-order chi connectivity index (χ1) is 8.17. The van der Waals surface area contributed by atoms with Gasteiger partial charge in [0.05, 0.1) is 18.1 Å². The van der Waals surface area contributed by atoms with Gasteiger partial charge >= 0.3 is 0 Å². The second kappa shape index (κ2) is 6.49. The predicted molar refractivity (Wildman–Crippen MR) is 66.3 cm³/mol. The second-order valence-electron chi connectivity index (χ2n) is 3.26.